The molecule has 8 heteroatoms. The minimum atomic E-state index is -0.261. The van der Waals surface area contributed by atoms with E-state index in [0.29, 0.717) is 25.1 Å². The second-order valence-electron chi connectivity index (χ2n) is 7.27. The lowest BCUT2D eigenvalue weighted by Gasteiger charge is -2.32. The van der Waals surface area contributed by atoms with E-state index in [9.17, 15) is 9.18 Å². The number of amides is 1. The van der Waals surface area contributed by atoms with Gasteiger partial charge in [-0.3, -0.25) is 14.7 Å². The molecule has 1 amide bonds. The van der Waals surface area contributed by atoms with Gasteiger partial charge >= 0.3 is 0 Å². The SMILES string of the molecule is CCCNC(=O)CN1CCC(NC(=NC)NCC(OC)c2ccc(F)cc2)CC1. The zero-order valence-electron chi connectivity index (χ0n) is 17.7. The average Bonchev–Trinajstić information content (AvgIpc) is 2.74. The molecule has 1 heterocycles. The quantitative estimate of drug-likeness (QED) is 0.429. The van der Waals surface area contributed by atoms with Gasteiger partial charge in [0, 0.05) is 46.4 Å². The smallest absolute Gasteiger partial charge is 0.234 e. The summed E-state index contributed by atoms with van der Waals surface area (Å²) >= 11 is 0. The molecule has 1 fully saturated rings. The van der Waals surface area contributed by atoms with Crippen LogP contribution in [0.1, 0.15) is 37.9 Å². The lowest BCUT2D eigenvalue weighted by molar-refractivity contribution is -0.122. The minimum Gasteiger partial charge on any atom is -0.375 e. The van der Waals surface area contributed by atoms with Gasteiger partial charge in [-0.1, -0.05) is 19.1 Å². The fourth-order valence-corrected chi connectivity index (χ4v) is 3.35. The van der Waals surface area contributed by atoms with Crippen molar-refractivity contribution in [1.82, 2.24) is 20.9 Å². The zero-order valence-corrected chi connectivity index (χ0v) is 17.7. The number of carbonyl (C=O) groups is 1. The summed E-state index contributed by atoms with van der Waals surface area (Å²) in [4.78, 5) is 18.3. The highest BCUT2D eigenvalue weighted by Crippen LogP contribution is 2.16. The van der Waals surface area contributed by atoms with E-state index in [0.717, 1.165) is 44.5 Å². The Morgan fingerprint density at radius 3 is 2.55 bits per heavy atom. The summed E-state index contributed by atoms with van der Waals surface area (Å²) in [5.74, 6) is 0.554. The van der Waals surface area contributed by atoms with Crippen LogP contribution in [-0.4, -0.2) is 69.7 Å². The molecular formula is C21H34FN5O2. The van der Waals surface area contributed by atoms with Crippen LogP contribution in [0.4, 0.5) is 4.39 Å². The Morgan fingerprint density at radius 2 is 1.97 bits per heavy atom. The Hall–Kier alpha value is -2.19. The molecule has 0 aromatic heterocycles. The van der Waals surface area contributed by atoms with Crippen molar-refractivity contribution in [3.05, 3.63) is 35.6 Å². The van der Waals surface area contributed by atoms with E-state index in [4.69, 9.17) is 4.74 Å². The van der Waals surface area contributed by atoms with Crippen LogP contribution in [0.25, 0.3) is 0 Å². The highest BCUT2D eigenvalue weighted by molar-refractivity contribution is 5.80. The van der Waals surface area contributed by atoms with Gasteiger partial charge in [0.1, 0.15) is 5.82 Å². The number of nitrogens with one attached hydrogen (secondary N) is 3. The molecule has 162 valence electrons. The first-order valence-corrected chi connectivity index (χ1v) is 10.3. The average molecular weight is 408 g/mol. The molecule has 2 rings (SSSR count). The Kier molecular flexibility index (Phi) is 9.87. The van der Waals surface area contributed by atoms with Crippen molar-refractivity contribution in [3.8, 4) is 0 Å². The molecule has 1 unspecified atom stereocenters. The first kappa shape index (κ1) is 23.1. The molecule has 7 nitrogen and oxygen atoms in total. The van der Waals surface area contributed by atoms with Gasteiger partial charge in [-0.2, -0.15) is 0 Å². The number of hydrogen-bond donors (Lipinski definition) is 3. The summed E-state index contributed by atoms with van der Waals surface area (Å²) in [5.41, 5.74) is 0.909. The van der Waals surface area contributed by atoms with Crippen LogP contribution in [-0.2, 0) is 9.53 Å². The van der Waals surface area contributed by atoms with Crippen LogP contribution in [0.5, 0.6) is 0 Å². The Labute approximate surface area is 173 Å². The zero-order chi connectivity index (χ0) is 21.1. The first-order chi connectivity index (χ1) is 14.0. The topological polar surface area (TPSA) is 78.0 Å². The van der Waals surface area contributed by atoms with Crippen LogP contribution in [0.3, 0.4) is 0 Å². The number of nitrogens with zero attached hydrogens (tertiary/aromatic N) is 2. The van der Waals surface area contributed by atoms with Crippen molar-refractivity contribution in [3.63, 3.8) is 0 Å². The molecule has 1 aliphatic rings. The first-order valence-electron chi connectivity index (χ1n) is 10.3. The van der Waals surface area contributed by atoms with Crippen LogP contribution in [0, 0.1) is 5.82 Å². The van der Waals surface area contributed by atoms with Gasteiger partial charge in [0.2, 0.25) is 5.91 Å². The molecule has 1 aliphatic heterocycles. The fraction of sp³-hybridized carbons (Fsp3) is 0.619. The van der Waals surface area contributed by atoms with E-state index >= 15 is 0 Å². The van der Waals surface area contributed by atoms with E-state index in [2.05, 4.69) is 25.8 Å². The third-order valence-electron chi connectivity index (χ3n) is 5.07. The Balaban J connectivity index is 1.74. The lowest BCUT2D eigenvalue weighted by atomic mass is 10.1. The predicted molar refractivity (Wildman–Crippen MR) is 113 cm³/mol. The minimum absolute atomic E-state index is 0.0992. The molecule has 0 saturated carbocycles. The van der Waals surface area contributed by atoms with Crippen molar-refractivity contribution in [1.29, 1.82) is 0 Å². The number of ether oxygens (including phenoxy) is 1. The molecule has 0 spiro atoms. The molecule has 1 atom stereocenters. The van der Waals surface area contributed by atoms with E-state index in [1.165, 1.54) is 12.1 Å². The lowest BCUT2D eigenvalue weighted by Crippen LogP contribution is -2.50. The van der Waals surface area contributed by atoms with Crippen molar-refractivity contribution < 1.29 is 13.9 Å². The number of likely N-dealkylation sites (tertiary alicyclic amines) is 1. The van der Waals surface area contributed by atoms with Gasteiger partial charge in [-0.15, -0.1) is 0 Å². The van der Waals surface area contributed by atoms with Gasteiger partial charge in [0.25, 0.3) is 0 Å². The Morgan fingerprint density at radius 1 is 1.28 bits per heavy atom. The van der Waals surface area contributed by atoms with Crippen molar-refractivity contribution in [2.45, 2.75) is 38.3 Å². The maximum Gasteiger partial charge on any atom is 0.234 e. The highest BCUT2D eigenvalue weighted by Gasteiger charge is 2.21. The van der Waals surface area contributed by atoms with Crippen LogP contribution < -0.4 is 16.0 Å². The number of halogens is 1. The van der Waals surface area contributed by atoms with Crippen LogP contribution >= 0.6 is 0 Å². The fourth-order valence-electron chi connectivity index (χ4n) is 3.35. The third-order valence-corrected chi connectivity index (χ3v) is 5.07. The molecular weight excluding hydrogens is 373 g/mol. The molecule has 1 saturated heterocycles. The summed E-state index contributed by atoms with van der Waals surface area (Å²) < 4.78 is 18.7. The van der Waals surface area contributed by atoms with E-state index < -0.39 is 0 Å². The molecule has 0 bridgehead atoms. The van der Waals surface area contributed by atoms with Crippen LogP contribution in [0.15, 0.2) is 29.3 Å². The van der Waals surface area contributed by atoms with Gasteiger partial charge in [-0.25, -0.2) is 4.39 Å². The monoisotopic (exact) mass is 407 g/mol. The summed E-state index contributed by atoms with van der Waals surface area (Å²) in [5, 5.41) is 9.66. The summed E-state index contributed by atoms with van der Waals surface area (Å²) in [6.45, 7) is 5.53. The summed E-state index contributed by atoms with van der Waals surface area (Å²) in [6.07, 6.45) is 2.66. The molecule has 29 heavy (non-hydrogen) atoms. The van der Waals surface area contributed by atoms with Crippen molar-refractivity contribution >= 4 is 11.9 Å². The van der Waals surface area contributed by atoms with E-state index in [-0.39, 0.29) is 17.8 Å². The van der Waals surface area contributed by atoms with Crippen LogP contribution in [0.2, 0.25) is 0 Å². The second kappa shape index (κ2) is 12.4. The molecule has 1 aromatic carbocycles. The number of rotatable bonds is 9. The summed E-state index contributed by atoms with van der Waals surface area (Å²) in [7, 11) is 3.38. The van der Waals surface area contributed by atoms with Gasteiger partial charge in [-0.05, 0) is 37.0 Å². The van der Waals surface area contributed by atoms with Gasteiger partial charge < -0.3 is 20.7 Å². The largest absolute Gasteiger partial charge is 0.375 e. The number of guanidine groups is 1. The highest BCUT2D eigenvalue weighted by atomic mass is 19.1. The second-order valence-corrected chi connectivity index (χ2v) is 7.27. The number of piperidine rings is 1. The summed E-state index contributed by atoms with van der Waals surface area (Å²) in [6, 6.07) is 6.64. The van der Waals surface area contributed by atoms with E-state index in [1.807, 2.05) is 6.92 Å². The number of methoxy groups -OCH3 is 1. The Bertz CT molecular complexity index is 645. The molecule has 1 aromatic rings. The third kappa shape index (κ3) is 7.98. The van der Waals surface area contributed by atoms with Gasteiger partial charge in [0.05, 0.1) is 12.6 Å². The van der Waals surface area contributed by atoms with Crippen molar-refractivity contribution in [2.75, 3.05) is 46.9 Å². The maximum absolute atomic E-state index is 13.1. The normalized spacial score (nSPS) is 17.0. The number of hydrogen-bond acceptors (Lipinski definition) is 4. The molecule has 3 N–H and O–H groups in total. The molecule has 0 aliphatic carbocycles. The number of benzene rings is 1. The standard InChI is InChI=1S/C21H34FN5O2/c1-4-11-24-20(28)15-27-12-9-18(10-13-27)26-21(23-2)25-14-19(29-3)16-5-7-17(22)8-6-16/h5-8,18-19H,4,9-15H2,1-3H3,(H,24,28)(H2,23,25,26). The van der Waals surface area contributed by atoms with Gasteiger partial charge in [0.15, 0.2) is 5.96 Å². The maximum atomic E-state index is 13.1. The number of carbonyl (C=O) groups excluding carboxylic acids is 1. The predicted octanol–water partition coefficient (Wildman–Crippen LogP) is 1.67. The number of aliphatic imine (C=N–C) groups is 1. The van der Waals surface area contributed by atoms with E-state index in [1.54, 1.807) is 26.3 Å². The molecule has 0 radical (unpaired) electrons. The van der Waals surface area contributed by atoms with Crippen molar-refractivity contribution in [2.24, 2.45) is 4.99 Å².